The fraction of sp³-hybridized carbons (Fsp3) is 0.750. The maximum Gasteiger partial charge on any atom is 0.246 e. The van der Waals surface area contributed by atoms with E-state index in [0.29, 0.717) is 6.54 Å². The highest BCUT2D eigenvalue weighted by Gasteiger charge is 2.19. The average molecular weight is 352 g/mol. The molecule has 0 atom stereocenters. The summed E-state index contributed by atoms with van der Waals surface area (Å²) in [7, 11) is 0. The Labute approximate surface area is 81.7 Å². The average Bonchev–Trinajstić information content (AvgIpc) is 1.80. The first-order chi connectivity index (χ1) is 4.20. The summed E-state index contributed by atoms with van der Waals surface area (Å²) in [6.45, 7) is 2.39. The molecular formula is C4H6I2N2O. The molecule has 0 aliphatic carbocycles. The van der Waals surface area contributed by atoms with Crippen molar-refractivity contribution in [1.82, 2.24) is 6.23 Å². The van der Waals surface area contributed by atoms with Gasteiger partial charge in [-0.25, -0.2) is 3.11 Å². The van der Waals surface area contributed by atoms with Crippen LogP contribution in [0.5, 0.6) is 0 Å². The summed E-state index contributed by atoms with van der Waals surface area (Å²) in [6.07, 6.45) is 0. The summed E-state index contributed by atoms with van der Waals surface area (Å²) in [5, 5.41) is 0. The second-order valence-electron chi connectivity index (χ2n) is 1.82. The molecule has 0 aromatic rings. The zero-order chi connectivity index (χ0) is 6.85. The van der Waals surface area contributed by atoms with Gasteiger partial charge in [-0.2, -0.15) is 0 Å². The third-order valence-electron chi connectivity index (χ3n) is 1.12. The van der Waals surface area contributed by atoms with Gasteiger partial charge in [-0.1, -0.05) is 0 Å². The van der Waals surface area contributed by atoms with Crippen LogP contribution in [0.3, 0.4) is 0 Å². The predicted molar refractivity (Wildman–Crippen MR) is 51.3 cm³/mol. The van der Waals surface area contributed by atoms with E-state index in [1.807, 2.05) is 26.0 Å². The molecule has 0 radical (unpaired) electrons. The van der Waals surface area contributed by atoms with Gasteiger partial charge in [0, 0.05) is 36.0 Å². The molecule has 1 heterocycles. The number of hydrogen-bond acceptors (Lipinski definition) is 2. The second-order valence-corrected chi connectivity index (χ2v) is 4.35. The highest BCUT2D eigenvalue weighted by molar-refractivity contribution is 14.1. The van der Waals surface area contributed by atoms with Crippen molar-refractivity contribution >= 4 is 51.6 Å². The Morgan fingerprint density at radius 3 is 2.44 bits per heavy atom. The van der Waals surface area contributed by atoms with Gasteiger partial charge in [0.25, 0.3) is 0 Å². The lowest BCUT2D eigenvalue weighted by atomic mass is 10.4. The number of carbonyl (C=O) groups excluding carboxylic acids is 1. The molecule has 9 heavy (non-hydrogen) atoms. The van der Waals surface area contributed by atoms with Crippen LogP contribution in [0.15, 0.2) is 0 Å². The van der Waals surface area contributed by atoms with Gasteiger partial charge in [-0.3, -0.25) is 7.91 Å². The van der Waals surface area contributed by atoms with E-state index >= 15 is 0 Å². The van der Waals surface area contributed by atoms with E-state index in [2.05, 4.69) is 22.9 Å². The van der Waals surface area contributed by atoms with E-state index in [0.717, 1.165) is 13.1 Å². The third-order valence-corrected chi connectivity index (χ3v) is 2.96. The van der Waals surface area contributed by atoms with Gasteiger partial charge in [0.05, 0.1) is 29.4 Å². The van der Waals surface area contributed by atoms with Gasteiger partial charge in [-0.15, -0.1) is 0 Å². The second kappa shape index (κ2) is 3.33. The Morgan fingerprint density at radius 2 is 2.00 bits per heavy atom. The van der Waals surface area contributed by atoms with E-state index in [4.69, 9.17) is 0 Å². The van der Waals surface area contributed by atoms with Crippen molar-refractivity contribution in [2.75, 3.05) is 19.6 Å². The van der Waals surface area contributed by atoms with Crippen LogP contribution < -0.4 is 0 Å². The van der Waals surface area contributed by atoms with Gasteiger partial charge in [0.15, 0.2) is 0 Å². The Hall–Kier alpha value is 0.890. The standard InChI is InChI=1S/C4H6I2N2O/c5-7-1-2-8(6)4(9)3-7/h1-3H2. The number of halogens is 2. The Morgan fingerprint density at radius 1 is 1.33 bits per heavy atom. The molecule has 1 aliphatic rings. The van der Waals surface area contributed by atoms with Crippen LogP contribution in [-0.2, 0) is 4.79 Å². The van der Waals surface area contributed by atoms with E-state index in [-0.39, 0.29) is 5.91 Å². The van der Waals surface area contributed by atoms with Crippen LogP contribution >= 0.6 is 45.7 Å². The molecule has 0 unspecified atom stereocenters. The lowest BCUT2D eigenvalue weighted by Gasteiger charge is -2.25. The molecule has 5 heteroatoms. The molecular weight excluding hydrogens is 346 g/mol. The Kier molecular flexibility index (Phi) is 2.96. The maximum absolute atomic E-state index is 10.9. The number of rotatable bonds is 0. The third kappa shape index (κ3) is 2.19. The predicted octanol–water partition coefficient (Wildman–Crippen LogP) is 0.831. The molecule has 0 aromatic carbocycles. The highest BCUT2D eigenvalue weighted by atomic mass is 127. The van der Waals surface area contributed by atoms with Crippen LogP contribution in [0.4, 0.5) is 0 Å². The van der Waals surface area contributed by atoms with Crippen LogP contribution in [0.1, 0.15) is 0 Å². The highest BCUT2D eigenvalue weighted by Crippen LogP contribution is 2.10. The van der Waals surface area contributed by atoms with Crippen molar-refractivity contribution in [3.05, 3.63) is 0 Å². The van der Waals surface area contributed by atoms with Crippen molar-refractivity contribution in [2.45, 2.75) is 0 Å². The summed E-state index contributed by atoms with van der Waals surface area (Å²) in [5.41, 5.74) is 0. The number of amides is 1. The van der Waals surface area contributed by atoms with E-state index in [1.165, 1.54) is 0 Å². The largest absolute Gasteiger partial charge is 0.283 e. The molecule has 1 saturated heterocycles. The molecule has 1 fully saturated rings. The minimum Gasteiger partial charge on any atom is -0.283 e. The van der Waals surface area contributed by atoms with Gasteiger partial charge >= 0.3 is 0 Å². The maximum atomic E-state index is 10.9. The minimum atomic E-state index is 0.205. The molecule has 1 aliphatic heterocycles. The summed E-state index contributed by atoms with van der Waals surface area (Å²) in [4.78, 5) is 10.9. The molecule has 1 amide bonds. The minimum absolute atomic E-state index is 0.205. The monoisotopic (exact) mass is 352 g/mol. The Bertz CT molecular complexity index is 130. The quantitative estimate of drug-likeness (QED) is 0.477. The summed E-state index contributed by atoms with van der Waals surface area (Å²) in [5.74, 6) is 0.205. The normalized spacial score (nSPS) is 22.9. The molecule has 3 nitrogen and oxygen atoms in total. The smallest absolute Gasteiger partial charge is 0.246 e. The van der Waals surface area contributed by atoms with Crippen molar-refractivity contribution in [1.29, 1.82) is 0 Å². The van der Waals surface area contributed by atoms with Crippen LogP contribution in [0.2, 0.25) is 0 Å². The number of hydrogen-bond donors (Lipinski definition) is 0. The Balaban J connectivity index is 2.44. The summed E-state index contributed by atoms with van der Waals surface area (Å²) < 4.78 is 3.72. The first-order valence-electron chi connectivity index (χ1n) is 2.57. The first kappa shape index (κ1) is 7.99. The molecule has 1 rings (SSSR count). The van der Waals surface area contributed by atoms with Gasteiger partial charge in [0.2, 0.25) is 5.91 Å². The van der Waals surface area contributed by atoms with Crippen LogP contribution in [0.25, 0.3) is 0 Å². The lowest BCUT2D eigenvalue weighted by Crippen LogP contribution is -2.41. The fourth-order valence-corrected chi connectivity index (χ4v) is 1.50. The molecule has 0 spiro atoms. The number of piperazine rings is 1. The molecule has 0 N–H and O–H groups in total. The first-order valence-corrected chi connectivity index (χ1v) is 4.50. The molecule has 0 aromatic heterocycles. The SMILES string of the molecule is O=C1CN(I)CCN1I. The van der Waals surface area contributed by atoms with E-state index < -0.39 is 0 Å². The van der Waals surface area contributed by atoms with Crippen molar-refractivity contribution in [3.8, 4) is 0 Å². The fourth-order valence-electron chi connectivity index (χ4n) is 0.624. The zero-order valence-corrected chi connectivity index (χ0v) is 8.99. The van der Waals surface area contributed by atoms with Gasteiger partial charge in [0.1, 0.15) is 0 Å². The molecule has 0 bridgehead atoms. The van der Waals surface area contributed by atoms with E-state index in [9.17, 15) is 4.79 Å². The number of nitrogens with zero attached hydrogens (tertiary/aromatic N) is 2. The zero-order valence-electron chi connectivity index (χ0n) is 4.68. The van der Waals surface area contributed by atoms with Gasteiger partial charge < -0.3 is 0 Å². The van der Waals surface area contributed by atoms with Crippen LogP contribution in [-0.4, -0.2) is 31.8 Å². The lowest BCUT2D eigenvalue weighted by molar-refractivity contribution is -0.126. The van der Waals surface area contributed by atoms with Crippen molar-refractivity contribution < 1.29 is 4.79 Å². The summed E-state index contributed by atoms with van der Waals surface area (Å²) in [6, 6.07) is 0. The topological polar surface area (TPSA) is 23.6 Å². The molecule has 52 valence electrons. The molecule has 0 saturated carbocycles. The van der Waals surface area contributed by atoms with E-state index in [1.54, 1.807) is 3.11 Å². The van der Waals surface area contributed by atoms with Crippen molar-refractivity contribution in [2.24, 2.45) is 0 Å². The summed E-state index contributed by atoms with van der Waals surface area (Å²) >= 11 is 4.21. The number of carbonyl (C=O) groups is 1. The van der Waals surface area contributed by atoms with Crippen LogP contribution in [0, 0.1) is 0 Å². The van der Waals surface area contributed by atoms with Gasteiger partial charge in [-0.05, 0) is 0 Å². The van der Waals surface area contributed by atoms with Crippen molar-refractivity contribution in [3.63, 3.8) is 0 Å².